The molecule has 0 heterocycles. The molecule has 1 atom stereocenters. The van der Waals surface area contributed by atoms with Gasteiger partial charge in [-0.3, -0.25) is 0 Å². The molecule has 0 aromatic rings. The second-order valence-corrected chi connectivity index (χ2v) is 6.10. The summed E-state index contributed by atoms with van der Waals surface area (Å²) in [4.78, 5) is 2.19. The van der Waals surface area contributed by atoms with Crippen LogP contribution in [0.2, 0.25) is 0 Å². The molecule has 86 valence electrons. The first-order valence-electron chi connectivity index (χ1n) is 4.94. The molecule has 1 N–H and O–H groups in total. The molecule has 0 aromatic carbocycles. The number of hydrogen-bond acceptors (Lipinski definition) is 4. The van der Waals surface area contributed by atoms with Crippen molar-refractivity contribution in [3.63, 3.8) is 0 Å². The van der Waals surface area contributed by atoms with Crippen LogP contribution >= 0.6 is 0 Å². The van der Waals surface area contributed by atoms with Crippen LogP contribution in [0.25, 0.3) is 0 Å². The summed E-state index contributed by atoms with van der Waals surface area (Å²) < 4.78 is 21.7. The molecule has 14 heavy (non-hydrogen) atoms. The van der Waals surface area contributed by atoms with Gasteiger partial charge in [0, 0.05) is 25.4 Å². The summed E-state index contributed by atoms with van der Waals surface area (Å²) in [6.45, 7) is 6.66. The zero-order chi connectivity index (χ0) is 11.2. The Bertz CT molecular complexity index is 239. The molecular formula is C9H22N2O2S. The monoisotopic (exact) mass is 222 g/mol. The van der Waals surface area contributed by atoms with Crippen molar-refractivity contribution in [2.45, 2.75) is 19.9 Å². The lowest BCUT2D eigenvalue weighted by atomic mass is 10.3. The standard InChI is InChI=1S/C9H22N2O2S/c1-5-11(3)8-9(2)10-6-7-14(4,12)13/h9-10H,5-8H2,1-4H3. The number of hydrogen-bond donors (Lipinski definition) is 1. The topological polar surface area (TPSA) is 49.4 Å². The van der Waals surface area contributed by atoms with Crippen LogP contribution in [-0.4, -0.2) is 58.1 Å². The summed E-state index contributed by atoms with van der Waals surface area (Å²) >= 11 is 0. The van der Waals surface area contributed by atoms with Crippen LogP contribution in [0.15, 0.2) is 0 Å². The van der Waals surface area contributed by atoms with Crippen molar-refractivity contribution in [3.05, 3.63) is 0 Å². The van der Waals surface area contributed by atoms with Crippen LogP contribution in [0.4, 0.5) is 0 Å². The molecule has 0 aromatic heterocycles. The minimum atomic E-state index is -2.83. The van der Waals surface area contributed by atoms with Gasteiger partial charge in [-0.1, -0.05) is 6.92 Å². The summed E-state index contributed by atoms with van der Waals surface area (Å²) in [7, 11) is -0.780. The van der Waals surface area contributed by atoms with E-state index in [2.05, 4.69) is 31.1 Å². The molecule has 0 rings (SSSR count). The van der Waals surface area contributed by atoms with Crippen LogP contribution in [0.5, 0.6) is 0 Å². The molecule has 0 radical (unpaired) electrons. The van der Waals surface area contributed by atoms with E-state index in [0.29, 0.717) is 12.6 Å². The Morgan fingerprint density at radius 3 is 2.43 bits per heavy atom. The SMILES string of the molecule is CCN(C)CC(C)NCCS(C)(=O)=O. The molecule has 0 amide bonds. The van der Waals surface area contributed by atoms with Crippen LogP contribution in [0.1, 0.15) is 13.8 Å². The lowest BCUT2D eigenvalue weighted by molar-refractivity contribution is 0.312. The Morgan fingerprint density at radius 1 is 1.43 bits per heavy atom. The summed E-state index contributed by atoms with van der Waals surface area (Å²) in [5.74, 6) is 0.215. The minimum absolute atomic E-state index is 0.215. The van der Waals surface area contributed by atoms with Gasteiger partial charge in [-0.05, 0) is 20.5 Å². The Kier molecular flexibility index (Phi) is 6.31. The highest BCUT2D eigenvalue weighted by Gasteiger charge is 2.06. The van der Waals surface area contributed by atoms with E-state index >= 15 is 0 Å². The van der Waals surface area contributed by atoms with E-state index in [4.69, 9.17) is 0 Å². The van der Waals surface area contributed by atoms with E-state index < -0.39 is 9.84 Å². The molecule has 0 saturated carbocycles. The summed E-state index contributed by atoms with van der Waals surface area (Å²) in [5, 5.41) is 3.18. The fourth-order valence-corrected chi connectivity index (χ4v) is 1.64. The van der Waals surface area contributed by atoms with E-state index in [1.165, 1.54) is 6.26 Å². The molecule has 4 nitrogen and oxygen atoms in total. The Hall–Kier alpha value is -0.130. The highest BCUT2D eigenvalue weighted by molar-refractivity contribution is 7.90. The molecule has 0 bridgehead atoms. The summed E-state index contributed by atoms with van der Waals surface area (Å²) in [6.07, 6.45) is 1.26. The highest BCUT2D eigenvalue weighted by Crippen LogP contribution is 1.88. The number of rotatable bonds is 7. The Labute approximate surface area is 87.6 Å². The molecule has 0 fully saturated rings. The fraction of sp³-hybridized carbons (Fsp3) is 1.00. The number of nitrogens with zero attached hydrogens (tertiary/aromatic N) is 1. The van der Waals surface area contributed by atoms with E-state index in [9.17, 15) is 8.42 Å². The molecule has 5 heteroatoms. The molecule has 0 aliphatic rings. The maximum absolute atomic E-state index is 10.8. The van der Waals surface area contributed by atoms with E-state index in [-0.39, 0.29) is 5.75 Å². The second-order valence-electron chi connectivity index (χ2n) is 3.84. The second kappa shape index (κ2) is 6.37. The van der Waals surface area contributed by atoms with E-state index in [1.807, 2.05) is 0 Å². The van der Waals surface area contributed by atoms with Gasteiger partial charge in [-0.15, -0.1) is 0 Å². The van der Waals surface area contributed by atoms with E-state index in [1.54, 1.807) is 0 Å². The third-order valence-corrected chi connectivity index (χ3v) is 3.04. The zero-order valence-corrected chi connectivity index (χ0v) is 10.4. The number of nitrogens with one attached hydrogen (secondary N) is 1. The third kappa shape index (κ3) is 8.47. The van der Waals surface area contributed by atoms with Gasteiger partial charge in [0.2, 0.25) is 0 Å². The molecule has 1 unspecified atom stereocenters. The van der Waals surface area contributed by atoms with Crippen molar-refractivity contribution in [1.82, 2.24) is 10.2 Å². The molecule has 0 spiro atoms. The van der Waals surface area contributed by atoms with E-state index in [0.717, 1.165) is 13.1 Å². The third-order valence-electron chi connectivity index (χ3n) is 2.09. The van der Waals surface area contributed by atoms with Gasteiger partial charge in [0.15, 0.2) is 0 Å². The normalized spacial score (nSPS) is 14.6. The molecule has 0 aliphatic heterocycles. The first-order chi connectivity index (χ1) is 6.35. The highest BCUT2D eigenvalue weighted by atomic mass is 32.2. The van der Waals surface area contributed by atoms with Gasteiger partial charge in [-0.25, -0.2) is 8.42 Å². The van der Waals surface area contributed by atoms with Crippen LogP contribution in [0.3, 0.4) is 0 Å². The van der Waals surface area contributed by atoms with Crippen LogP contribution in [0, 0.1) is 0 Å². The fourth-order valence-electron chi connectivity index (χ4n) is 1.15. The lowest BCUT2D eigenvalue weighted by Gasteiger charge is -2.20. The predicted molar refractivity (Wildman–Crippen MR) is 60.3 cm³/mol. The maximum atomic E-state index is 10.8. The zero-order valence-electron chi connectivity index (χ0n) is 9.58. The lowest BCUT2D eigenvalue weighted by Crippen LogP contribution is -2.39. The van der Waals surface area contributed by atoms with Gasteiger partial charge < -0.3 is 10.2 Å². The summed E-state index contributed by atoms with van der Waals surface area (Å²) in [5.41, 5.74) is 0. The van der Waals surface area contributed by atoms with Gasteiger partial charge in [-0.2, -0.15) is 0 Å². The van der Waals surface area contributed by atoms with Gasteiger partial charge in [0.25, 0.3) is 0 Å². The van der Waals surface area contributed by atoms with Crippen molar-refractivity contribution in [1.29, 1.82) is 0 Å². The van der Waals surface area contributed by atoms with Crippen molar-refractivity contribution >= 4 is 9.84 Å². The van der Waals surface area contributed by atoms with Gasteiger partial charge >= 0.3 is 0 Å². The van der Waals surface area contributed by atoms with Crippen molar-refractivity contribution in [2.75, 3.05) is 38.7 Å². The minimum Gasteiger partial charge on any atom is -0.312 e. The average Bonchev–Trinajstić information content (AvgIpc) is 2.01. The molecular weight excluding hydrogens is 200 g/mol. The smallest absolute Gasteiger partial charge is 0.148 e. The molecule has 0 saturated heterocycles. The van der Waals surface area contributed by atoms with Gasteiger partial charge in [0.1, 0.15) is 9.84 Å². The molecule has 0 aliphatic carbocycles. The van der Waals surface area contributed by atoms with Crippen LogP contribution in [-0.2, 0) is 9.84 Å². The largest absolute Gasteiger partial charge is 0.312 e. The number of sulfone groups is 1. The van der Waals surface area contributed by atoms with Gasteiger partial charge in [0.05, 0.1) is 5.75 Å². The maximum Gasteiger partial charge on any atom is 0.148 e. The number of likely N-dealkylation sites (N-methyl/N-ethyl adjacent to an activating group) is 1. The van der Waals surface area contributed by atoms with Crippen molar-refractivity contribution < 1.29 is 8.42 Å². The van der Waals surface area contributed by atoms with Crippen molar-refractivity contribution in [2.24, 2.45) is 0 Å². The summed E-state index contributed by atoms with van der Waals surface area (Å²) in [6, 6.07) is 0.335. The first-order valence-corrected chi connectivity index (χ1v) is 7.01. The Balaban J connectivity index is 3.59. The average molecular weight is 222 g/mol. The predicted octanol–water partition coefficient (Wildman–Crippen LogP) is -0.0392. The Morgan fingerprint density at radius 2 is 2.00 bits per heavy atom. The first kappa shape index (κ1) is 13.9. The quantitative estimate of drug-likeness (QED) is 0.657. The van der Waals surface area contributed by atoms with Crippen molar-refractivity contribution in [3.8, 4) is 0 Å². The van der Waals surface area contributed by atoms with Crippen LogP contribution < -0.4 is 5.32 Å².